The monoisotopic (exact) mass is 304 g/mol. The van der Waals surface area contributed by atoms with Crippen molar-refractivity contribution in [3.63, 3.8) is 0 Å². The van der Waals surface area contributed by atoms with Crippen molar-refractivity contribution in [3.8, 4) is 5.75 Å². The van der Waals surface area contributed by atoms with Crippen LogP contribution in [0.3, 0.4) is 0 Å². The average Bonchev–Trinajstić information content (AvgIpc) is 2.68. The number of hydrogen-bond donors (Lipinski definition) is 2. The number of carbonyl (C=O) groups is 1. The fourth-order valence-electron chi connectivity index (χ4n) is 2.02. The van der Waals surface area contributed by atoms with Crippen molar-refractivity contribution in [3.05, 3.63) is 22.7 Å². The van der Waals surface area contributed by atoms with Crippen molar-refractivity contribution in [2.45, 2.75) is 25.8 Å². The third kappa shape index (κ3) is 3.19. The summed E-state index contributed by atoms with van der Waals surface area (Å²) < 4.78 is 29.2. The second-order valence-electron chi connectivity index (χ2n) is 4.45. The van der Waals surface area contributed by atoms with Crippen molar-refractivity contribution in [1.29, 1.82) is 0 Å². The van der Waals surface area contributed by atoms with E-state index in [1.54, 1.807) is 6.07 Å². The number of anilines is 1. The molecule has 1 atom stereocenters. The highest BCUT2D eigenvalue weighted by Gasteiger charge is 2.31. The number of amides is 1. The SMILES string of the molecule is CCCNC1C(=O)Nc2cc(OCC(F)F)c(Cl)cc21. The third-order valence-electron chi connectivity index (χ3n) is 2.90. The lowest BCUT2D eigenvalue weighted by Gasteiger charge is -2.12. The molecule has 0 aromatic heterocycles. The Morgan fingerprint density at radius 1 is 1.50 bits per heavy atom. The lowest BCUT2D eigenvalue weighted by molar-refractivity contribution is -0.117. The molecule has 0 radical (unpaired) electrons. The topological polar surface area (TPSA) is 50.4 Å². The van der Waals surface area contributed by atoms with Crippen molar-refractivity contribution in [2.24, 2.45) is 0 Å². The molecule has 0 spiro atoms. The Morgan fingerprint density at radius 2 is 2.25 bits per heavy atom. The Labute approximate surface area is 120 Å². The van der Waals surface area contributed by atoms with Gasteiger partial charge in [-0.05, 0) is 19.0 Å². The maximum atomic E-state index is 12.1. The lowest BCUT2D eigenvalue weighted by Crippen LogP contribution is -2.27. The zero-order chi connectivity index (χ0) is 14.7. The molecule has 1 heterocycles. The first-order chi connectivity index (χ1) is 9.52. The molecule has 1 aliphatic heterocycles. The molecule has 7 heteroatoms. The second kappa shape index (κ2) is 6.37. The largest absolute Gasteiger partial charge is 0.486 e. The van der Waals surface area contributed by atoms with E-state index in [0.717, 1.165) is 6.42 Å². The van der Waals surface area contributed by atoms with E-state index >= 15 is 0 Å². The molecule has 1 amide bonds. The van der Waals surface area contributed by atoms with Crippen LogP contribution in [-0.4, -0.2) is 25.5 Å². The second-order valence-corrected chi connectivity index (χ2v) is 4.86. The zero-order valence-corrected chi connectivity index (χ0v) is 11.6. The predicted molar refractivity (Wildman–Crippen MR) is 72.6 cm³/mol. The van der Waals surface area contributed by atoms with E-state index in [1.165, 1.54) is 6.07 Å². The smallest absolute Gasteiger partial charge is 0.272 e. The van der Waals surface area contributed by atoms with Gasteiger partial charge >= 0.3 is 0 Å². The predicted octanol–water partition coefficient (Wildman–Crippen LogP) is 2.98. The quantitative estimate of drug-likeness (QED) is 0.849. The standard InChI is InChI=1S/C13H15ClF2N2O2/c1-2-3-17-12-7-4-8(14)10(20-6-11(15)16)5-9(7)18-13(12)19/h4-5,11-12,17H,2-3,6H2,1H3,(H,18,19). The number of benzene rings is 1. The van der Waals surface area contributed by atoms with Gasteiger partial charge in [0.15, 0.2) is 0 Å². The Balaban J connectivity index is 2.21. The summed E-state index contributed by atoms with van der Waals surface area (Å²) in [7, 11) is 0. The van der Waals surface area contributed by atoms with E-state index < -0.39 is 19.1 Å². The molecule has 0 fully saturated rings. The first kappa shape index (κ1) is 15.0. The highest BCUT2D eigenvalue weighted by molar-refractivity contribution is 6.32. The van der Waals surface area contributed by atoms with Gasteiger partial charge in [0.05, 0.1) is 5.02 Å². The number of nitrogens with one attached hydrogen (secondary N) is 2. The van der Waals surface area contributed by atoms with E-state index in [4.69, 9.17) is 16.3 Å². The number of halogens is 3. The summed E-state index contributed by atoms with van der Waals surface area (Å²) in [6, 6.07) is 2.58. The maximum absolute atomic E-state index is 12.1. The Kier molecular flexibility index (Phi) is 4.77. The number of alkyl halides is 2. The molecule has 0 bridgehead atoms. The maximum Gasteiger partial charge on any atom is 0.272 e. The minimum absolute atomic E-state index is 0.141. The van der Waals surface area contributed by atoms with Gasteiger partial charge in [0.25, 0.3) is 6.43 Å². The summed E-state index contributed by atoms with van der Waals surface area (Å²) in [5.41, 5.74) is 1.25. The molecule has 1 aliphatic rings. The fourth-order valence-corrected chi connectivity index (χ4v) is 2.24. The minimum Gasteiger partial charge on any atom is -0.486 e. The summed E-state index contributed by atoms with van der Waals surface area (Å²) in [5.74, 6) is -0.0438. The summed E-state index contributed by atoms with van der Waals surface area (Å²) in [4.78, 5) is 11.8. The first-order valence-electron chi connectivity index (χ1n) is 6.31. The van der Waals surface area contributed by atoms with Crippen LogP contribution >= 0.6 is 11.6 Å². The van der Waals surface area contributed by atoms with E-state index in [0.29, 0.717) is 17.8 Å². The van der Waals surface area contributed by atoms with Crippen LogP contribution in [0.2, 0.25) is 5.02 Å². The van der Waals surface area contributed by atoms with Crippen LogP contribution in [0.4, 0.5) is 14.5 Å². The first-order valence-corrected chi connectivity index (χ1v) is 6.69. The van der Waals surface area contributed by atoms with E-state index in [9.17, 15) is 13.6 Å². The number of ether oxygens (including phenoxy) is 1. The molecule has 4 nitrogen and oxygen atoms in total. The summed E-state index contributed by atoms with van der Waals surface area (Å²) >= 11 is 6.00. The van der Waals surface area contributed by atoms with Gasteiger partial charge in [-0.2, -0.15) is 0 Å². The van der Waals surface area contributed by atoms with Crippen LogP contribution in [0.1, 0.15) is 24.9 Å². The van der Waals surface area contributed by atoms with Crippen LogP contribution in [0.5, 0.6) is 5.75 Å². The minimum atomic E-state index is -2.58. The molecule has 0 saturated carbocycles. The highest BCUT2D eigenvalue weighted by atomic mass is 35.5. The van der Waals surface area contributed by atoms with Gasteiger partial charge in [-0.3, -0.25) is 4.79 Å². The van der Waals surface area contributed by atoms with Gasteiger partial charge in [0, 0.05) is 17.3 Å². The third-order valence-corrected chi connectivity index (χ3v) is 3.19. The summed E-state index contributed by atoms with van der Waals surface area (Å²) in [6.07, 6.45) is -1.68. The van der Waals surface area contributed by atoms with Crippen LogP contribution < -0.4 is 15.4 Å². The highest BCUT2D eigenvalue weighted by Crippen LogP contribution is 2.38. The van der Waals surface area contributed by atoms with Gasteiger partial charge < -0.3 is 15.4 Å². The van der Waals surface area contributed by atoms with Gasteiger partial charge in [-0.25, -0.2) is 8.78 Å². The van der Waals surface area contributed by atoms with Gasteiger partial charge in [0.1, 0.15) is 18.4 Å². The van der Waals surface area contributed by atoms with E-state index in [2.05, 4.69) is 10.6 Å². The zero-order valence-electron chi connectivity index (χ0n) is 10.9. The van der Waals surface area contributed by atoms with Gasteiger partial charge in [-0.1, -0.05) is 18.5 Å². The van der Waals surface area contributed by atoms with Crippen LogP contribution in [-0.2, 0) is 4.79 Å². The van der Waals surface area contributed by atoms with Gasteiger partial charge in [0.2, 0.25) is 5.91 Å². The van der Waals surface area contributed by atoms with Crippen molar-refractivity contribution >= 4 is 23.2 Å². The van der Waals surface area contributed by atoms with E-state index in [-0.39, 0.29) is 16.7 Å². The van der Waals surface area contributed by atoms with Crippen molar-refractivity contribution in [2.75, 3.05) is 18.5 Å². The van der Waals surface area contributed by atoms with Crippen molar-refractivity contribution in [1.82, 2.24) is 5.32 Å². The van der Waals surface area contributed by atoms with Crippen LogP contribution in [0.25, 0.3) is 0 Å². The number of carbonyl (C=O) groups excluding carboxylic acids is 1. The lowest BCUT2D eigenvalue weighted by atomic mass is 10.1. The normalized spacial score (nSPS) is 17.2. The number of rotatable bonds is 6. The molecule has 110 valence electrons. The van der Waals surface area contributed by atoms with E-state index in [1.807, 2.05) is 6.92 Å². The average molecular weight is 305 g/mol. The molecule has 0 aliphatic carbocycles. The summed E-state index contributed by atoms with van der Waals surface area (Å²) in [6.45, 7) is 1.96. The molecule has 2 rings (SSSR count). The Hall–Kier alpha value is -1.40. The van der Waals surface area contributed by atoms with Crippen molar-refractivity contribution < 1.29 is 18.3 Å². The molecule has 1 aromatic rings. The molecule has 1 aromatic carbocycles. The molecule has 0 saturated heterocycles. The molecule has 20 heavy (non-hydrogen) atoms. The molecular formula is C13H15ClF2N2O2. The molecular weight excluding hydrogens is 290 g/mol. The summed E-state index contributed by atoms with van der Waals surface area (Å²) in [5, 5.41) is 6.00. The Morgan fingerprint density at radius 3 is 2.90 bits per heavy atom. The Bertz CT molecular complexity index is 511. The molecule has 2 N–H and O–H groups in total. The number of hydrogen-bond acceptors (Lipinski definition) is 3. The van der Waals surface area contributed by atoms with Crippen LogP contribution in [0, 0.1) is 0 Å². The molecule has 1 unspecified atom stereocenters. The van der Waals surface area contributed by atoms with Crippen LogP contribution in [0.15, 0.2) is 12.1 Å². The number of fused-ring (bicyclic) bond motifs is 1. The van der Waals surface area contributed by atoms with Gasteiger partial charge in [-0.15, -0.1) is 0 Å². The fraction of sp³-hybridized carbons (Fsp3) is 0.462.